The molecular weight excluding hydrogens is 267 g/mol. The van der Waals surface area contributed by atoms with E-state index in [0.717, 1.165) is 21.4 Å². The summed E-state index contributed by atoms with van der Waals surface area (Å²) in [5.74, 6) is 6.21. The van der Waals surface area contributed by atoms with Gasteiger partial charge in [0.05, 0.1) is 10.4 Å². The zero-order chi connectivity index (χ0) is 11.5. The minimum absolute atomic E-state index is 0.0952. The van der Waals surface area contributed by atoms with Crippen LogP contribution < -0.4 is 11.3 Å². The lowest BCUT2D eigenvalue weighted by molar-refractivity contribution is 0.418. The molecule has 2 aromatic heterocycles. The highest BCUT2D eigenvalue weighted by atomic mass is 35.5. The number of nitrogens with one attached hydrogen (secondary N) is 1. The zero-order valence-electron chi connectivity index (χ0n) is 8.24. The first-order chi connectivity index (χ1) is 7.69. The minimum Gasteiger partial charge on any atom is -0.448 e. The fourth-order valence-electron chi connectivity index (χ4n) is 1.42. The normalized spacial score (nSPS) is 12.9. The fourth-order valence-corrected chi connectivity index (χ4v) is 2.70. The highest BCUT2D eigenvalue weighted by molar-refractivity contribution is 7.16. The standard InChI is InChI=1S/C10H10Cl2N2OS/c11-9-3-2-8(15-9)7(14-13)5-6-1-4-10(12)16-6/h1-4,7,14H,5,13H2. The third-order valence-electron chi connectivity index (χ3n) is 2.17. The molecule has 0 amide bonds. The van der Waals surface area contributed by atoms with E-state index in [9.17, 15) is 0 Å². The Morgan fingerprint density at radius 3 is 2.62 bits per heavy atom. The topological polar surface area (TPSA) is 51.2 Å². The molecule has 86 valence electrons. The summed E-state index contributed by atoms with van der Waals surface area (Å²) in [6, 6.07) is 7.25. The maximum atomic E-state index is 5.86. The van der Waals surface area contributed by atoms with Crippen molar-refractivity contribution in [1.82, 2.24) is 5.43 Å². The van der Waals surface area contributed by atoms with Gasteiger partial charge in [0.2, 0.25) is 0 Å². The third-order valence-corrected chi connectivity index (χ3v) is 3.63. The summed E-state index contributed by atoms with van der Waals surface area (Å²) in [4.78, 5) is 1.14. The molecule has 16 heavy (non-hydrogen) atoms. The molecule has 0 saturated heterocycles. The lowest BCUT2D eigenvalue weighted by Gasteiger charge is -2.11. The van der Waals surface area contributed by atoms with Crippen LogP contribution in [0.2, 0.25) is 9.56 Å². The number of nitrogens with two attached hydrogens (primary N) is 1. The average Bonchev–Trinajstić information content (AvgIpc) is 2.84. The Bertz CT molecular complexity index is 469. The molecule has 6 heteroatoms. The van der Waals surface area contributed by atoms with Crippen LogP contribution in [-0.2, 0) is 6.42 Å². The molecule has 0 saturated carbocycles. The van der Waals surface area contributed by atoms with Crippen LogP contribution in [0.25, 0.3) is 0 Å². The summed E-state index contributed by atoms with van der Waals surface area (Å²) in [7, 11) is 0. The first-order valence-electron chi connectivity index (χ1n) is 4.64. The molecule has 0 radical (unpaired) electrons. The van der Waals surface area contributed by atoms with Gasteiger partial charge in [-0.25, -0.2) is 5.43 Å². The quantitative estimate of drug-likeness (QED) is 0.665. The van der Waals surface area contributed by atoms with Crippen LogP contribution in [0.3, 0.4) is 0 Å². The monoisotopic (exact) mass is 276 g/mol. The van der Waals surface area contributed by atoms with Crippen LogP contribution in [0.5, 0.6) is 0 Å². The summed E-state index contributed by atoms with van der Waals surface area (Å²) >= 11 is 13.1. The Kier molecular flexibility index (Phi) is 3.89. The first kappa shape index (κ1) is 12.0. The summed E-state index contributed by atoms with van der Waals surface area (Å²) in [6.07, 6.45) is 0.720. The second-order valence-corrected chi connectivity index (χ2v) is 5.44. The molecule has 0 aliphatic carbocycles. The number of furan rings is 1. The molecule has 1 atom stereocenters. The van der Waals surface area contributed by atoms with E-state index in [1.54, 1.807) is 6.07 Å². The average molecular weight is 277 g/mol. The van der Waals surface area contributed by atoms with Crippen molar-refractivity contribution >= 4 is 34.5 Å². The maximum absolute atomic E-state index is 5.86. The molecule has 0 bridgehead atoms. The van der Waals surface area contributed by atoms with Crippen LogP contribution >= 0.6 is 34.5 Å². The van der Waals surface area contributed by atoms with E-state index >= 15 is 0 Å². The van der Waals surface area contributed by atoms with Gasteiger partial charge in [-0.2, -0.15) is 0 Å². The predicted molar refractivity (Wildman–Crippen MR) is 66.8 cm³/mol. The van der Waals surface area contributed by atoms with Crippen LogP contribution in [0.15, 0.2) is 28.7 Å². The molecule has 0 fully saturated rings. The number of thiophene rings is 1. The summed E-state index contributed by atoms with van der Waals surface area (Å²) in [5, 5.41) is 0.361. The van der Waals surface area contributed by atoms with Crippen LogP contribution in [-0.4, -0.2) is 0 Å². The number of halogens is 2. The van der Waals surface area contributed by atoms with Crippen molar-refractivity contribution in [2.45, 2.75) is 12.5 Å². The van der Waals surface area contributed by atoms with Gasteiger partial charge >= 0.3 is 0 Å². The van der Waals surface area contributed by atoms with Crippen LogP contribution in [0, 0.1) is 0 Å². The lowest BCUT2D eigenvalue weighted by atomic mass is 10.1. The second-order valence-electron chi connectivity index (χ2n) is 3.27. The Labute approximate surface area is 107 Å². The molecule has 0 spiro atoms. The highest BCUT2D eigenvalue weighted by Gasteiger charge is 2.15. The van der Waals surface area contributed by atoms with E-state index in [2.05, 4.69) is 5.43 Å². The van der Waals surface area contributed by atoms with E-state index in [-0.39, 0.29) is 6.04 Å². The van der Waals surface area contributed by atoms with Gasteiger partial charge in [0.15, 0.2) is 5.22 Å². The first-order valence-corrected chi connectivity index (χ1v) is 6.22. The molecule has 3 nitrogen and oxygen atoms in total. The molecular formula is C10H10Cl2N2OS. The molecule has 2 rings (SSSR count). The van der Waals surface area contributed by atoms with Crippen molar-refractivity contribution in [2.75, 3.05) is 0 Å². The SMILES string of the molecule is NNC(Cc1ccc(Cl)s1)c1ccc(Cl)o1. The molecule has 3 N–H and O–H groups in total. The van der Waals surface area contributed by atoms with E-state index < -0.39 is 0 Å². The van der Waals surface area contributed by atoms with Gasteiger partial charge < -0.3 is 4.42 Å². The van der Waals surface area contributed by atoms with Crippen LogP contribution in [0.1, 0.15) is 16.7 Å². The molecule has 0 aliphatic rings. The van der Waals surface area contributed by atoms with Crippen molar-refractivity contribution in [3.8, 4) is 0 Å². The van der Waals surface area contributed by atoms with E-state index in [1.807, 2.05) is 18.2 Å². The smallest absolute Gasteiger partial charge is 0.193 e. The van der Waals surface area contributed by atoms with Gasteiger partial charge in [-0.15, -0.1) is 11.3 Å². The third kappa shape index (κ3) is 2.78. The number of rotatable bonds is 4. The van der Waals surface area contributed by atoms with Crippen molar-refractivity contribution in [3.63, 3.8) is 0 Å². The largest absolute Gasteiger partial charge is 0.448 e. The number of hydrazine groups is 1. The van der Waals surface area contributed by atoms with Crippen LogP contribution in [0.4, 0.5) is 0 Å². The predicted octanol–water partition coefficient (Wildman–Crippen LogP) is 3.40. The Balaban J connectivity index is 2.12. The molecule has 2 heterocycles. The molecule has 0 aliphatic heterocycles. The summed E-state index contributed by atoms with van der Waals surface area (Å²) in [6.45, 7) is 0. The summed E-state index contributed by atoms with van der Waals surface area (Å²) < 4.78 is 6.08. The molecule has 0 aromatic carbocycles. The minimum atomic E-state index is -0.0952. The highest BCUT2D eigenvalue weighted by Crippen LogP contribution is 2.27. The van der Waals surface area contributed by atoms with Crippen molar-refractivity contribution in [2.24, 2.45) is 5.84 Å². The van der Waals surface area contributed by atoms with Gasteiger partial charge in [-0.3, -0.25) is 5.84 Å². The van der Waals surface area contributed by atoms with E-state index in [1.165, 1.54) is 11.3 Å². The Hall–Kier alpha value is -0.520. The fraction of sp³-hybridized carbons (Fsp3) is 0.200. The Morgan fingerprint density at radius 2 is 2.12 bits per heavy atom. The maximum Gasteiger partial charge on any atom is 0.193 e. The number of hydrogen-bond donors (Lipinski definition) is 2. The van der Waals surface area contributed by atoms with Gasteiger partial charge in [0.1, 0.15) is 5.76 Å². The van der Waals surface area contributed by atoms with E-state index in [0.29, 0.717) is 5.22 Å². The van der Waals surface area contributed by atoms with Crippen molar-refractivity contribution < 1.29 is 4.42 Å². The van der Waals surface area contributed by atoms with Crippen molar-refractivity contribution in [3.05, 3.63) is 44.5 Å². The van der Waals surface area contributed by atoms with Gasteiger partial charge in [0, 0.05) is 11.3 Å². The summed E-state index contributed by atoms with van der Waals surface area (Å²) in [5.41, 5.74) is 2.70. The lowest BCUT2D eigenvalue weighted by Crippen LogP contribution is -2.29. The second kappa shape index (κ2) is 5.21. The van der Waals surface area contributed by atoms with Crippen molar-refractivity contribution in [1.29, 1.82) is 0 Å². The van der Waals surface area contributed by atoms with E-state index in [4.69, 9.17) is 33.5 Å². The number of hydrogen-bond acceptors (Lipinski definition) is 4. The Morgan fingerprint density at radius 1 is 1.31 bits per heavy atom. The van der Waals surface area contributed by atoms with Gasteiger partial charge in [0.25, 0.3) is 0 Å². The molecule has 1 unspecified atom stereocenters. The van der Waals surface area contributed by atoms with Gasteiger partial charge in [-0.05, 0) is 35.9 Å². The zero-order valence-corrected chi connectivity index (χ0v) is 10.6. The molecule has 2 aromatic rings. The van der Waals surface area contributed by atoms with Gasteiger partial charge in [-0.1, -0.05) is 11.6 Å².